The summed E-state index contributed by atoms with van der Waals surface area (Å²) in [7, 11) is 0. The van der Waals surface area contributed by atoms with E-state index in [1.54, 1.807) is 31.2 Å². The molecular formula is C28H33N3O9. The number of unbranched alkanes of at least 4 members (excludes halogenated alkanes) is 2. The second-order valence-corrected chi connectivity index (χ2v) is 9.18. The maximum Gasteiger partial charge on any atom is 0.412 e. The van der Waals surface area contributed by atoms with Gasteiger partial charge in [-0.2, -0.15) is 0 Å². The van der Waals surface area contributed by atoms with Gasteiger partial charge in [-0.25, -0.2) is 9.59 Å². The molecule has 12 nitrogen and oxygen atoms in total. The van der Waals surface area contributed by atoms with Gasteiger partial charge in [0.15, 0.2) is 28.6 Å². The summed E-state index contributed by atoms with van der Waals surface area (Å²) < 4.78 is 17.0. The van der Waals surface area contributed by atoms with Crippen LogP contribution in [-0.4, -0.2) is 61.0 Å². The maximum absolute atomic E-state index is 12.7. The standard InChI is InChI=1S/C28H33N3O9/c1-17(32)9-4-3-7-13-30-27(36)39-24-19-10-5-6-11-20(19)25(26-21(24)15-22(38-26)18(2)33)40-28(37)31-14-8-12-29-16-23(34)35/h5-6,10-11,15,29H,3-4,7-9,12-14,16H2,1-2H3,(H,30,36)(H,31,37)(H,34,35). The van der Waals surface area contributed by atoms with Crippen molar-refractivity contribution in [2.75, 3.05) is 26.2 Å². The Morgan fingerprint density at radius 3 is 2.05 bits per heavy atom. The van der Waals surface area contributed by atoms with Crippen LogP contribution in [0.3, 0.4) is 0 Å². The average molecular weight is 556 g/mol. The molecule has 214 valence electrons. The second kappa shape index (κ2) is 14.6. The van der Waals surface area contributed by atoms with Crippen molar-refractivity contribution in [1.82, 2.24) is 16.0 Å². The number of nitrogens with one attached hydrogen (secondary N) is 3. The van der Waals surface area contributed by atoms with Crippen molar-refractivity contribution in [3.63, 3.8) is 0 Å². The van der Waals surface area contributed by atoms with Crippen LogP contribution in [0.1, 0.15) is 56.5 Å². The number of benzene rings is 2. The number of carbonyl (C=O) groups excluding carboxylic acids is 4. The summed E-state index contributed by atoms with van der Waals surface area (Å²) in [6.45, 7) is 3.64. The summed E-state index contributed by atoms with van der Waals surface area (Å²) in [5, 5.41) is 17.8. The lowest BCUT2D eigenvalue weighted by molar-refractivity contribution is -0.136. The Balaban J connectivity index is 1.79. The van der Waals surface area contributed by atoms with E-state index in [4.69, 9.17) is 19.0 Å². The molecule has 1 aromatic heterocycles. The van der Waals surface area contributed by atoms with E-state index < -0.39 is 18.2 Å². The molecule has 0 aliphatic heterocycles. The summed E-state index contributed by atoms with van der Waals surface area (Å²) >= 11 is 0. The van der Waals surface area contributed by atoms with Crippen LogP contribution >= 0.6 is 0 Å². The van der Waals surface area contributed by atoms with Crippen molar-refractivity contribution >= 4 is 51.5 Å². The van der Waals surface area contributed by atoms with E-state index in [0.717, 1.165) is 12.8 Å². The van der Waals surface area contributed by atoms with E-state index in [0.29, 0.717) is 43.1 Å². The van der Waals surface area contributed by atoms with Crippen LogP contribution in [0.15, 0.2) is 34.7 Å². The minimum absolute atomic E-state index is 0.00389. The number of aliphatic carboxylic acids is 1. The van der Waals surface area contributed by atoms with Crippen LogP contribution in [0, 0.1) is 0 Å². The van der Waals surface area contributed by atoms with Gasteiger partial charge in [0.25, 0.3) is 0 Å². The van der Waals surface area contributed by atoms with Crippen molar-refractivity contribution in [2.45, 2.75) is 46.0 Å². The Morgan fingerprint density at radius 2 is 1.43 bits per heavy atom. The quantitative estimate of drug-likeness (QED) is 0.157. The zero-order valence-corrected chi connectivity index (χ0v) is 22.5. The molecule has 40 heavy (non-hydrogen) atoms. The summed E-state index contributed by atoms with van der Waals surface area (Å²) in [6.07, 6.45) is 1.70. The van der Waals surface area contributed by atoms with Gasteiger partial charge in [-0.05, 0) is 38.8 Å². The normalized spacial score (nSPS) is 10.8. The Kier molecular flexibility index (Phi) is 11.0. The fourth-order valence-electron chi connectivity index (χ4n) is 3.98. The molecule has 3 aromatic rings. The highest BCUT2D eigenvalue weighted by Crippen LogP contribution is 2.44. The number of Topliss-reactive ketones (excluding diaryl/α,β-unsaturated/α-hetero) is 2. The molecule has 0 aliphatic carbocycles. The van der Waals surface area contributed by atoms with E-state index >= 15 is 0 Å². The maximum atomic E-state index is 12.7. The number of rotatable bonds is 15. The molecule has 3 rings (SSSR count). The molecule has 0 atom stereocenters. The molecule has 0 radical (unpaired) electrons. The van der Waals surface area contributed by atoms with Gasteiger partial charge in [0.1, 0.15) is 5.78 Å². The van der Waals surface area contributed by atoms with Gasteiger partial charge >= 0.3 is 18.2 Å². The smallest absolute Gasteiger partial charge is 0.412 e. The minimum atomic E-state index is -0.974. The lowest BCUT2D eigenvalue weighted by Crippen LogP contribution is -2.31. The average Bonchev–Trinajstić information content (AvgIpc) is 3.35. The van der Waals surface area contributed by atoms with E-state index in [2.05, 4.69) is 16.0 Å². The first kappa shape index (κ1) is 30.1. The highest BCUT2D eigenvalue weighted by atomic mass is 16.6. The summed E-state index contributed by atoms with van der Waals surface area (Å²) in [4.78, 5) is 59.0. The Morgan fingerprint density at radius 1 is 0.800 bits per heavy atom. The number of ether oxygens (including phenoxy) is 2. The summed E-state index contributed by atoms with van der Waals surface area (Å²) in [5.74, 6) is -1.02. The number of amides is 2. The lowest BCUT2D eigenvalue weighted by atomic mass is 10.1. The molecule has 0 saturated carbocycles. The molecule has 2 aromatic carbocycles. The second-order valence-electron chi connectivity index (χ2n) is 9.18. The molecule has 12 heteroatoms. The number of hydrogen-bond acceptors (Lipinski definition) is 9. The fraction of sp³-hybridized carbons (Fsp3) is 0.393. The van der Waals surface area contributed by atoms with Crippen molar-refractivity contribution in [1.29, 1.82) is 0 Å². The SMILES string of the molecule is CC(=O)CCCCCNC(=O)Oc1c2ccccc2c(OC(=O)NCCCNCC(=O)O)c2oc(C(C)=O)cc12. The number of furan rings is 1. The molecular weight excluding hydrogens is 522 g/mol. The molecule has 1 heterocycles. The van der Waals surface area contributed by atoms with Gasteiger partial charge in [0, 0.05) is 37.2 Å². The Bertz CT molecular complexity index is 1300. The molecule has 0 saturated heterocycles. The number of hydrogen-bond donors (Lipinski definition) is 4. The number of ketones is 2. The number of carboxylic acid groups (broad SMARTS) is 1. The largest absolute Gasteiger partial charge is 0.480 e. The zero-order valence-electron chi connectivity index (χ0n) is 22.5. The van der Waals surface area contributed by atoms with Crippen LogP contribution in [-0.2, 0) is 9.59 Å². The third kappa shape index (κ3) is 8.53. The van der Waals surface area contributed by atoms with Gasteiger partial charge < -0.3 is 39.7 Å². The highest BCUT2D eigenvalue weighted by Gasteiger charge is 2.24. The van der Waals surface area contributed by atoms with Gasteiger partial charge in [-0.1, -0.05) is 30.7 Å². The molecule has 0 fully saturated rings. The van der Waals surface area contributed by atoms with Crippen molar-refractivity contribution in [2.24, 2.45) is 0 Å². The Hall–Kier alpha value is -4.45. The molecule has 0 unspecified atom stereocenters. The first-order valence-corrected chi connectivity index (χ1v) is 13.0. The van der Waals surface area contributed by atoms with E-state index in [-0.39, 0.29) is 52.9 Å². The zero-order chi connectivity index (χ0) is 29.1. The third-order valence-electron chi connectivity index (χ3n) is 5.89. The highest BCUT2D eigenvalue weighted by molar-refractivity contribution is 6.12. The first-order chi connectivity index (χ1) is 19.2. The summed E-state index contributed by atoms with van der Waals surface area (Å²) in [5.41, 5.74) is 0.0641. The van der Waals surface area contributed by atoms with Crippen molar-refractivity contribution in [3.8, 4) is 11.5 Å². The summed E-state index contributed by atoms with van der Waals surface area (Å²) in [6, 6.07) is 8.25. The minimum Gasteiger partial charge on any atom is -0.480 e. The first-order valence-electron chi connectivity index (χ1n) is 13.0. The van der Waals surface area contributed by atoms with Crippen LogP contribution in [0.25, 0.3) is 21.7 Å². The predicted molar refractivity (Wildman–Crippen MR) is 146 cm³/mol. The van der Waals surface area contributed by atoms with E-state index in [9.17, 15) is 24.0 Å². The van der Waals surface area contributed by atoms with Crippen molar-refractivity contribution < 1.29 is 43.0 Å². The number of carboxylic acids is 1. The number of carbonyl (C=O) groups is 5. The van der Waals surface area contributed by atoms with Gasteiger partial charge in [-0.3, -0.25) is 9.59 Å². The Labute approximate surface area is 230 Å². The topological polar surface area (TPSA) is 173 Å². The van der Waals surface area contributed by atoms with Gasteiger partial charge in [-0.15, -0.1) is 0 Å². The van der Waals surface area contributed by atoms with E-state index in [1.807, 2.05) is 0 Å². The molecule has 0 aliphatic rings. The van der Waals surface area contributed by atoms with Crippen LogP contribution < -0.4 is 25.4 Å². The van der Waals surface area contributed by atoms with Gasteiger partial charge in [0.05, 0.1) is 11.9 Å². The molecule has 0 bridgehead atoms. The molecule has 0 spiro atoms. The van der Waals surface area contributed by atoms with Crippen LogP contribution in [0.5, 0.6) is 11.5 Å². The molecule has 4 N–H and O–H groups in total. The van der Waals surface area contributed by atoms with Gasteiger partial charge in [0.2, 0.25) is 0 Å². The van der Waals surface area contributed by atoms with Crippen molar-refractivity contribution in [3.05, 3.63) is 36.1 Å². The van der Waals surface area contributed by atoms with Crippen LogP contribution in [0.2, 0.25) is 0 Å². The lowest BCUT2D eigenvalue weighted by Gasteiger charge is -2.14. The van der Waals surface area contributed by atoms with Crippen LogP contribution in [0.4, 0.5) is 9.59 Å². The predicted octanol–water partition coefficient (Wildman–Crippen LogP) is 4.18. The fourth-order valence-corrected chi connectivity index (χ4v) is 3.98. The third-order valence-corrected chi connectivity index (χ3v) is 5.89. The number of fused-ring (bicyclic) bond motifs is 2. The monoisotopic (exact) mass is 555 g/mol. The van der Waals surface area contributed by atoms with E-state index in [1.165, 1.54) is 13.0 Å². The molecule has 2 amide bonds.